The van der Waals surface area contributed by atoms with E-state index in [4.69, 9.17) is 9.47 Å². The van der Waals surface area contributed by atoms with Crippen molar-refractivity contribution in [1.82, 2.24) is 5.32 Å². The molecule has 0 heterocycles. The normalized spacial score (nSPS) is 16.5. The Morgan fingerprint density at radius 2 is 1.81 bits per heavy atom. The summed E-state index contributed by atoms with van der Waals surface area (Å²) in [5, 5.41) is 13.8. The Morgan fingerprint density at radius 3 is 2.52 bits per heavy atom. The number of esters is 2. The Kier molecular flexibility index (Phi) is 11.6. The summed E-state index contributed by atoms with van der Waals surface area (Å²) in [6.45, 7) is 4.90. The molecule has 1 aromatic carbocycles. The predicted octanol–water partition coefficient (Wildman–Crippen LogP) is 3.58. The van der Waals surface area contributed by atoms with Gasteiger partial charge in [0.1, 0.15) is 6.04 Å². The molecule has 2 N–H and O–H groups in total. The maximum absolute atomic E-state index is 12.5. The largest absolute Gasteiger partial charge is 0.466 e. The smallest absolute Gasteiger partial charge is 0.323 e. The van der Waals surface area contributed by atoms with Gasteiger partial charge in [0.05, 0.1) is 19.3 Å². The van der Waals surface area contributed by atoms with Gasteiger partial charge < -0.3 is 19.9 Å². The van der Waals surface area contributed by atoms with E-state index in [0.29, 0.717) is 51.4 Å². The number of benzene rings is 1. The molecule has 0 saturated heterocycles. The maximum atomic E-state index is 12.5. The Balaban J connectivity index is 1.90. The number of aliphatic hydroxyl groups is 1. The Labute approximate surface area is 186 Å². The first-order chi connectivity index (χ1) is 15.0. The van der Waals surface area contributed by atoms with Crippen LogP contribution in [0.15, 0.2) is 24.3 Å². The fraction of sp³-hybridized carbons (Fsp3) is 0.680. The molecule has 2 rings (SSSR count). The van der Waals surface area contributed by atoms with Crippen LogP contribution in [0.5, 0.6) is 0 Å². The SMILES string of the molecule is CCOC(=O)CCc1cccc(CC(NCCC(O)C2CCCCC2)C(=O)OCC)c1. The lowest BCUT2D eigenvalue weighted by Gasteiger charge is -2.27. The van der Waals surface area contributed by atoms with Crippen molar-refractivity contribution in [3.05, 3.63) is 35.4 Å². The van der Waals surface area contributed by atoms with Gasteiger partial charge in [0, 0.05) is 6.42 Å². The summed E-state index contributed by atoms with van der Waals surface area (Å²) in [6.07, 6.45) is 7.65. The van der Waals surface area contributed by atoms with Gasteiger partial charge in [-0.25, -0.2) is 0 Å². The Hall–Kier alpha value is -1.92. The molecule has 174 valence electrons. The van der Waals surface area contributed by atoms with E-state index in [1.54, 1.807) is 13.8 Å². The van der Waals surface area contributed by atoms with Crippen LogP contribution in [-0.2, 0) is 31.9 Å². The van der Waals surface area contributed by atoms with Crippen molar-refractivity contribution in [2.75, 3.05) is 19.8 Å². The zero-order valence-corrected chi connectivity index (χ0v) is 19.1. The van der Waals surface area contributed by atoms with Crippen LogP contribution in [0.3, 0.4) is 0 Å². The number of hydrogen-bond donors (Lipinski definition) is 2. The van der Waals surface area contributed by atoms with E-state index in [2.05, 4.69) is 5.32 Å². The Morgan fingerprint density at radius 1 is 1.10 bits per heavy atom. The number of ether oxygens (including phenoxy) is 2. The zero-order valence-electron chi connectivity index (χ0n) is 19.1. The van der Waals surface area contributed by atoms with Crippen molar-refractivity contribution in [2.45, 2.75) is 83.8 Å². The predicted molar refractivity (Wildman–Crippen MR) is 121 cm³/mol. The standard InChI is InChI=1S/C25H39NO5/c1-3-30-24(28)14-13-19-9-8-10-20(17-19)18-22(25(29)31-4-2)26-16-15-23(27)21-11-6-5-7-12-21/h8-10,17,21-23,26-27H,3-7,11-16,18H2,1-2H3. The molecule has 1 aromatic rings. The molecule has 1 saturated carbocycles. The first kappa shape index (κ1) is 25.3. The number of carbonyl (C=O) groups excluding carboxylic acids is 2. The lowest BCUT2D eigenvalue weighted by atomic mass is 9.84. The lowest BCUT2D eigenvalue weighted by molar-refractivity contribution is -0.145. The molecule has 0 spiro atoms. The van der Waals surface area contributed by atoms with E-state index >= 15 is 0 Å². The van der Waals surface area contributed by atoms with Crippen LogP contribution in [0.25, 0.3) is 0 Å². The highest BCUT2D eigenvalue weighted by atomic mass is 16.5. The minimum atomic E-state index is -0.459. The second-order valence-corrected chi connectivity index (χ2v) is 8.34. The number of nitrogens with one attached hydrogen (secondary N) is 1. The van der Waals surface area contributed by atoms with Crippen molar-refractivity contribution >= 4 is 11.9 Å². The van der Waals surface area contributed by atoms with Gasteiger partial charge in [0.25, 0.3) is 0 Å². The van der Waals surface area contributed by atoms with Crippen molar-refractivity contribution < 1.29 is 24.2 Å². The van der Waals surface area contributed by atoms with Gasteiger partial charge in [-0.05, 0) is 69.5 Å². The van der Waals surface area contributed by atoms with Crippen molar-refractivity contribution in [1.29, 1.82) is 0 Å². The van der Waals surface area contributed by atoms with Gasteiger partial charge >= 0.3 is 11.9 Å². The van der Waals surface area contributed by atoms with E-state index in [9.17, 15) is 14.7 Å². The summed E-state index contributed by atoms with van der Waals surface area (Å²) in [7, 11) is 0. The molecular formula is C25H39NO5. The number of aliphatic hydroxyl groups excluding tert-OH is 1. The monoisotopic (exact) mass is 433 g/mol. The minimum absolute atomic E-state index is 0.199. The third-order valence-electron chi connectivity index (χ3n) is 5.95. The van der Waals surface area contributed by atoms with Crippen LogP contribution in [-0.4, -0.2) is 48.9 Å². The first-order valence-electron chi connectivity index (χ1n) is 11.8. The molecule has 31 heavy (non-hydrogen) atoms. The molecule has 1 aliphatic carbocycles. The topological polar surface area (TPSA) is 84.9 Å². The first-order valence-corrected chi connectivity index (χ1v) is 11.8. The summed E-state index contributed by atoms with van der Waals surface area (Å²) in [6, 6.07) is 7.49. The molecule has 0 amide bonds. The van der Waals surface area contributed by atoms with E-state index in [-0.39, 0.29) is 18.0 Å². The fourth-order valence-corrected chi connectivity index (χ4v) is 4.27. The minimum Gasteiger partial charge on any atom is -0.466 e. The Bertz CT molecular complexity index is 672. The summed E-state index contributed by atoms with van der Waals surface area (Å²) < 4.78 is 10.3. The van der Waals surface area contributed by atoms with Gasteiger partial charge in [-0.3, -0.25) is 9.59 Å². The third kappa shape index (κ3) is 9.40. The molecule has 2 unspecified atom stereocenters. The highest BCUT2D eigenvalue weighted by molar-refractivity contribution is 5.76. The fourth-order valence-electron chi connectivity index (χ4n) is 4.27. The third-order valence-corrected chi connectivity index (χ3v) is 5.95. The van der Waals surface area contributed by atoms with E-state index in [1.807, 2.05) is 24.3 Å². The second-order valence-electron chi connectivity index (χ2n) is 8.34. The highest BCUT2D eigenvalue weighted by Crippen LogP contribution is 2.27. The van der Waals surface area contributed by atoms with E-state index < -0.39 is 6.04 Å². The molecule has 0 radical (unpaired) electrons. The maximum Gasteiger partial charge on any atom is 0.323 e. The van der Waals surface area contributed by atoms with Crippen LogP contribution < -0.4 is 5.32 Å². The zero-order chi connectivity index (χ0) is 22.5. The summed E-state index contributed by atoms with van der Waals surface area (Å²) in [5.74, 6) is -0.0882. The van der Waals surface area contributed by atoms with Gasteiger partial charge in [0.15, 0.2) is 0 Å². The van der Waals surface area contributed by atoms with Gasteiger partial charge in [-0.2, -0.15) is 0 Å². The lowest BCUT2D eigenvalue weighted by Crippen LogP contribution is -2.41. The molecule has 2 atom stereocenters. The van der Waals surface area contributed by atoms with E-state index in [1.165, 1.54) is 19.3 Å². The summed E-state index contributed by atoms with van der Waals surface area (Å²) >= 11 is 0. The van der Waals surface area contributed by atoms with Crippen molar-refractivity contribution in [2.24, 2.45) is 5.92 Å². The van der Waals surface area contributed by atoms with Crippen molar-refractivity contribution in [3.8, 4) is 0 Å². The van der Waals surface area contributed by atoms with Gasteiger partial charge in [0.2, 0.25) is 0 Å². The number of aryl methyl sites for hydroxylation is 1. The van der Waals surface area contributed by atoms with Crippen molar-refractivity contribution in [3.63, 3.8) is 0 Å². The van der Waals surface area contributed by atoms with Crippen LogP contribution in [0.4, 0.5) is 0 Å². The molecule has 0 aliphatic heterocycles. The average Bonchev–Trinajstić information content (AvgIpc) is 2.78. The summed E-state index contributed by atoms with van der Waals surface area (Å²) in [5.41, 5.74) is 2.06. The molecule has 0 aromatic heterocycles. The van der Waals surface area contributed by atoms with Crippen LogP contribution in [0, 0.1) is 5.92 Å². The highest BCUT2D eigenvalue weighted by Gasteiger charge is 2.24. The van der Waals surface area contributed by atoms with Gasteiger partial charge in [-0.1, -0.05) is 43.5 Å². The quantitative estimate of drug-likeness (QED) is 0.463. The number of carbonyl (C=O) groups is 2. The van der Waals surface area contributed by atoms with Crippen LogP contribution >= 0.6 is 0 Å². The number of hydrogen-bond acceptors (Lipinski definition) is 6. The molecule has 6 nitrogen and oxygen atoms in total. The molecule has 1 fully saturated rings. The van der Waals surface area contributed by atoms with E-state index in [0.717, 1.165) is 24.0 Å². The molecule has 0 bridgehead atoms. The van der Waals surface area contributed by atoms with Gasteiger partial charge in [-0.15, -0.1) is 0 Å². The number of rotatable bonds is 13. The van der Waals surface area contributed by atoms with Crippen LogP contribution in [0.2, 0.25) is 0 Å². The van der Waals surface area contributed by atoms with Crippen LogP contribution in [0.1, 0.15) is 69.9 Å². The second kappa shape index (κ2) is 14.2. The molecular weight excluding hydrogens is 394 g/mol. The molecule has 6 heteroatoms. The average molecular weight is 434 g/mol. The molecule has 1 aliphatic rings. The summed E-state index contributed by atoms with van der Waals surface area (Å²) in [4.78, 5) is 24.1.